The number of rotatable bonds is 4. The van der Waals surface area contributed by atoms with Gasteiger partial charge in [0.1, 0.15) is 0 Å². The van der Waals surface area contributed by atoms with Gasteiger partial charge in [0, 0.05) is 23.3 Å². The molecule has 0 amide bonds. The molecule has 0 bridgehead atoms. The average molecular weight is 245 g/mol. The Hall–Kier alpha value is -1.39. The highest BCUT2D eigenvalue weighted by molar-refractivity contribution is 7.99. The van der Waals surface area contributed by atoms with Crippen molar-refractivity contribution >= 4 is 11.8 Å². The minimum Gasteiger partial charge on any atom is -0.316 e. The fraction of sp³-hybridized carbons (Fsp3) is 0.231. The van der Waals surface area contributed by atoms with Gasteiger partial charge in [-0.3, -0.25) is 0 Å². The van der Waals surface area contributed by atoms with Crippen LogP contribution in [0.3, 0.4) is 0 Å². The summed E-state index contributed by atoms with van der Waals surface area (Å²) in [6.45, 7) is 2.83. The van der Waals surface area contributed by atoms with Gasteiger partial charge in [-0.1, -0.05) is 18.2 Å². The molecular weight excluding hydrogens is 230 g/mol. The first-order valence-electron chi connectivity index (χ1n) is 5.49. The summed E-state index contributed by atoms with van der Waals surface area (Å²) < 4.78 is 0. The number of aromatic nitrogens is 2. The van der Waals surface area contributed by atoms with E-state index in [1.807, 2.05) is 32.2 Å². The lowest BCUT2D eigenvalue weighted by atomic mass is 10.2. The Kier molecular flexibility index (Phi) is 4.12. The van der Waals surface area contributed by atoms with Crippen LogP contribution in [0.15, 0.2) is 46.6 Å². The molecule has 88 valence electrons. The molecule has 0 fully saturated rings. The molecule has 0 radical (unpaired) electrons. The Labute approximate surface area is 106 Å². The third kappa shape index (κ3) is 3.28. The number of nitrogens with one attached hydrogen (secondary N) is 1. The summed E-state index contributed by atoms with van der Waals surface area (Å²) in [7, 11) is 1.95. The van der Waals surface area contributed by atoms with Gasteiger partial charge < -0.3 is 5.32 Å². The zero-order chi connectivity index (χ0) is 12.1. The lowest BCUT2D eigenvalue weighted by Crippen LogP contribution is -2.06. The second-order valence-corrected chi connectivity index (χ2v) is 4.73. The third-order valence-electron chi connectivity index (χ3n) is 2.31. The summed E-state index contributed by atoms with van der Waals surface area (Å²) in [5, 5.41) is 3.97. The molecule has 4 heteroatoms. The van der Waals surface area contributed by atoms with Crippen LogP contribution in [0.4, 0.5) is 0 Å². The summed E-state index contributed by atoms with van der Waals surface area (Å²) >= 11 is 1.61. The molecule has 0 spiro atoms. The van der Waals surface area contributed by atoms with E-state index in [-0.39, 0.29) is 0 Å². The van der Waals surface area contributed by atoms with Crippen molar-refractivity contribution < 1.29 is 0 Å². The van der Waals surface area contributed by atoms with Crippen LogP contribution in [-0.2, 0) is 6.54 Å². The monoisotopic (exact) mass is 245 g/mol. The number of benzene rings is 1. The van der Waals surface area contributed by atoms with E-state index in [0.29, 0.717) is 0 Å². The van der Waals surface area contributed by atoms with Crippen LogP contribution in [0, 0.1) is 6.92 Å². The summed E-state index contributed by atoms with van der Waals surface area (Å²) in [6, 6.07) is 10.2. The summed E-state index contributed by atoms with van der Waals surface area (Å²) in [5.74, 6) is 0. The van der Waals surface area contributed by atoms with Crippen LogP contribution >= 0.6 is 11.8 Å². The molecule has 0 aliphatic heterocycles. The first-order valence-corrected chi connectivity index (χ1v) is 6.31. The third-order valence-corrected chi connectivity index (χ3v) is 3.31. The average Bonchev–Trinajstić information content (AvgIpc) is 2.32. The Balaban J connectivity index is 2.23. The molecule has 0 atom stereocenters. The van der Waals surface area contributed by atoms with E-state index in [1.165, 1.54) is 10.5 Å². The van der Waals surface area contributed by atoms with E-state index >= 15 is 0 Å². The van der Waals surface area contributed by atoms with E-state index in [2.05, 4.69) is 27.4 Å². The number of aryl methyl sites for hydroxylation is 1. The number of hydrogen-bond donors (Lipinski definition) is 1. The molecule has 2 aromatic rings. The Morgan fingerprint density at radius 2 is 2.06 bits per heavy atom. The minimum atomic E-state index is 0.800. The zero-order valence-corrected chi connectivity index (χ0v) is 10.8. The van der Waals surface area contributed by atoms with Crippen LogP contribution in [0.25, 0.3) is 0 Å². The molecule has 1 aromatic carbocycles. The van der Waals surface area contributed by atoms with Gasteiger partial charge in [-0.05, 0) is 43.4 Å². The van der Waals surface area contributed by atoms with Crippen LogP contribution < -0.4 is 5.32 Å². The maximum atomic E-state index is 4.40. The van der Waals surface area contributed by atoms with Gasteiger partial charge in [0.25, 0.3) is 0 Å². The predicted octanol–water partition coefficient (Wildman–Crippen LogP) is 2.66. The lowest BCUT2D eigenvalue weighted by Gasteiger charge is -2.07. The van der Waals surface area contributed by atoms with Crippen molar-refractivity contribution in [2.24, 2.45) is 0 Å². The SMILES string of the molecule is CNCc1ccccc1Sc1nccc(C)n1. The Bertz CT molecular complexity index is 500. The van der Waals surface area contributed by atoms with E-state index in [4.69, 9.17) is 0 Å². The van der Waals surface area contributed by atoms with Crippen LogP contribution in [0.2, 0.25) is 0 Å². The molecule has 0 saturated carbocycles. The molecule has 1 heterocycles. The molecule has 3 nitrogen and oxygen atoms in total. The van der Waals surface area contributed by atoms with Gasteiger partial charge in [0.05, 0.1) is 0 Å². The normalized spacial score (nSPS) is 10.5. The molecule has 0 saturated heterocycles. The molecule has 1 N–H and O–H groups in total. The van der Waals surface area contributed by atoms with Crippen LogP contribution in [0.5, 0.6) is 0 Å². The van der Waals surface area contributed by atoms with Crippen molar-refractivity contribution in [3.63, 3.8) is 0 Å². The van der Waals surface area contributed by atoms with Crippen molar-refractivity contribution in [2.75, 3.05) is 7.05 Å². The van der Waals surface area contributed by atoms with Gasteiger partial charge >= 0.3 is 0 Å². The fourth-order valence-corrected chi connectivity index (χ4v) is 2.43. The molecule has 0 aliphatic rings. The second kappa shape index (κ2) is 5.80. The predicted molar refractivity (Wildman–Crippen MR) is 70.1 cm³/mol. The zero-order valence-electron chi connectivity index (χ0n) is 9.97. The highest BCUT2D eigenvalue weighted by atomic mass is 32.2. The van der Waals surface area contributed by atoms with Gasteiger partial charge in [-0.15, -0.1) is 0 Å². The Morgan fingerprint density at radius 1 is 1.24 bits per heavy atom. The highest BCUT2D eigenvalue weighted by Crippen LogP contribution is 2.27. The van der Waals surface area contributed by atoms with Gasteiger partial charge in [-0.25, -0.2) is 9.97 Å². The first-order chi connectivity index (χ1) is 8.29. The molecule has 0 aliphatic carbocycles. The fourth-order valence-electron chi connectivity index (χ4n) is 1.51. The Morgan fingerprint density at radius 3 is 2.82 bits per heavy atom. The van der Waals surface area contributed by atoms with Crippen molar-refractivity contribution in [1.29, 1.82) is 0 Å². The molecule has 1 aromatic heterocycles. The van der Waals surface area contributed by atoms with E-state index < -0.39 is 0 Å². The van der Waals surface area contributed by atoms with E-state index in [9.17, 15) is 0 Å². The second-order valence-electron chi connectivity index (χ2n) is 3.72. The quantitative estimate of drug-likeness (QED) is 0.840. The summed E-state index contributed by atoms with van der Waals surface area (Å²) in [5.41, 5.74) is 2.26. The van der Waals surface area contributed by atoms with Crippen molar-refractivity contribution in [1.82, 2.24) is 15.3 Å². The lowest BCUT2D eigenvalue weighted by molar-refractivity contribution is 0.802. The highest BCUT2D eigenvalue weighted by Gasteiger charge is 2.05. The first kappa shape index (κ1) is 12.1. The number of hydrogen-bond acceptors (Lipinski definition) is 4. The molecule has 0 unspecified atom stereocenters. The van der Waals surface area contributed by atoms with E-state index in [1.54, 1.807) is 18.0 Å². The molecule has 2 rings (SSSR count). The smallest absolute Gasteiger partial charge is 0.192 e. The largest absolute Gasteiger partial charge is 0.316 e. The van der Waals surface area contributed by atoms with Crippen molar-refractivity contribution in [3.05, 3.63) is 47.8 Å². The van der Waals surface area contributed by atoms with Gasteiger partial charge in [0.2, 0.25) is 0 Å². The standard InChI is InChI=1S/C13H15N3S/c1-10-7-8-15-13(16-10)17-12-6-4-3-5-11(12)9-14-2/h3-8,14H,9H2,1-2H3. The molecular formula is C13H15N3S. The maximum absolute atomic E-state index is 4.40. The van der Waals surface area contributed by atoms with Crippen molar-refractivity contribution in [3.8, 4) is 0 Å². The summed E-state index contributed by atoms with van der Waals surface area (Å²) in [6.07, 6.45) is 1.80. The molecule has 17 heavy (non-hydrogen) atoms. The van der Waals surface area contributed by atoms with Crippen molar-refractivity contribution in [2.45, 2.75) is 23.5 Å². The van der Waals surface area contributed by atoms with Gasteiger partial charge in [-0.2, -0.15) is 0 Å². The number of nitrogens with zero attached hydrogens (tertiary/aromatic N) is 2. The topological polar surface area (TPSA) is 37.8 Å². The van der Waals surface area contributed by atoms with Crippen LogP contribution in [-0.4, -0.2) is 17.0 Å². The minimum absolute atomic E-state index is 0.800. The van der Waals surface area contributed by atoms with Gasteiger partial charge in [0.15, 0.2) is 5.16 Å². The van der Waals surface area contributed by atoms with E-state index in [0.717, 1.165) is 17.4 Å². The maximum Gasteiger partial charge on any atom is 0.192 e. The summed E-state index contributed by atoms with van der Waals surface area (Å²) in [4.78, 5) is 9.87. The van der Waals surface area contributed by atoms with Crippen LogP contribution in [0.1, 0.15) is 11.3 Å².